The van der Waals surface area contributed by atoms with E-state index >= 15 is 0 Å². The van der Waals surface area contributed by atoms with Crippen molar-refractivity contribution < 1.29 is 14.3 Å². The quantitative estimate of drug-likeness (QED) is 0.390. The molecule has 0 unspecified atom stereocenters. The second-order valence-corrected chi connectivity index (χ2v) is 5.32. The number of likely N-dealkylation sites (tertiary alicyclic amines) is 1. The van der Waals surface area contributed by atoms with Crippen LogP contribution in [0, 0.1) is 0 Å². The molecule has 0 radical (unpaired) electrons. The predicted molar refractivity (Wildman–Crippen MR) is 79.3 cm³/mol. The van der Waals surface area contributed by atoms with Crippen LogP contribution >= 0.6 is 0 Å². The first-order valence-electron chi connectivity index (χ1n) is 7.75. The van der Waals surface area contributed by atoms with Gasteiger partial charge in [-0.15, -0.1) is 0 Å². The number of hydrogen-bond donors (Lipinski definition) is 0. The van der Waals surface area contributed by atoms with Gasteiger partial charge in [-0.25, -0.2) is 4.79 Å². The van der Waals surface area contributed by atoms with Crippen molar-refractivity contribution in [2.75, 3.05) is 13.7 Å². The SMILES string of the molecule is CCCCCCCC=CC(=O)N1CCC[C@H]1C(=O)OC. The second-order valence-electron chi connectivity index (χ2n) is 5.32. The molecule has 4 heteroatoms. The lowest BCUT2D eigenvalue weighted by Gasteiger charge is -2.20. The Morgan fingerprint density at radius 2 is 2.00 bits per heavy atom. The molecule has 0 saturated carbocycles. The fraction of sp³-hybridized carbons (Fsp3) is 0.750. The maximum Gasteiger partial charge on any atom is 0.328 e. The van der Waals surface area contributed by atoms with Crippen LogP contribution in [-0.4, -0.2) is 36.5 Å². The first-order valence-corrected chi connectivity index (χ1v) is 7.75. The van der Waals surface area contributed by atoms with Crippen LogP contribution in [0.5, 0.6) is 0 Å². The van der Waals surface area contributed by atoms with Gasteiger partial charge in [0, 0.05) is 6.54 Å². The molecule has 0 N–H and O–H groups in total. The molecule has 0 aromatic carbocycles. The van der Waals surface area contributed by atoms with Gasteiger partial charge in [-0.05, 0) is 31.8 Å². The summed E-state index contributed by atoms with van der Waals surface area (Å²) in [6.45, 7) is 2.85. The Morgan fingerprint density at radius 1 is 1.25 bits per heavy atom. The van der Waals surface area contributed by atoms with Crippen molar-refractivity contribution in [3.8, 4) is 0 Å². The number of nitrogens with zero attached hydrogens (tertiary/aromatic N) is 1. The largest absolute Gasteiger partial charge is 0.467 e. The van der Waals surface area contributed by atoms with Gasteiger partial charge in [0.05, 0.1) is 7.11 Å². The van der Waals surface area contributed by atoms with E-state index in [1.807, 2.05) is 6.08 Å². The van der Waals surface area contributed by atoms with Crippen LogP contribution in [0.15, 0.2) is 12.2 Å². The molecule has 0 spiro atoms. The topological polar surface area (TPSA) is 46.6 Å². The lowest BCUT2D eigenvalue weighted by molar-refractivity contribution is -0.149. The highest BCUT2D eigenvalue weighted by atomic mass is 16.5. The Morgan fingerprint density at radius 3 is 2.70 bits per heavy atom. The van der Waals surface area contributed by atoms with Crippen molar-refractivity contribution in [1.29, 1.82) is 0 Å². The van der Waals surface area contributed by atoms with Crippen LogP contribution in [-0.2, 0) is 14.3 Å². The minimum Gasteiger partial charge on any atom is -0.467 e. The van der Waals surface area contributed by atoms with Crippen molar-refractivity contribution in [2.24, 2.45) is 0 Å². The molecule has 0 bridgehead atoms. The van der Waals surface area contributed by atoms with Crippen molar-refractivity contribution in [1.82, 2.24) is 4.90 Å². The van der Waals surface area contributed by atoms with Gasteiger partial charge >= 0.3 is 5.97 Å². The summed E-state index contributed by atoms with van der Waals surface area (Å²) < 4.78 is 4.74. The standard InChI is InChI=1S/C16H27NO3/c1-3-4-5-6-7-8-9-12-15(18)17-13-10-11-14(17)16(19)20-2/h9,12,14H,3-8,10-11,13H2,1-2H3/t14-/m0/s1. The number of rotatable bonds is 8. The molecule has 4 nitrogen and oxygen atoms in total. The number of methoxy groups -OCH3 is 1. The van der Waals surface area contributed by atoms with Gasteiger partial charge in [-0.3, -0.25) is 4.79 Å². The van der Waals surface area contributed by atoms with Crippen molar-refractivity contribution >= 4 is 11.9 Å². The van der Waals surface area contributed by atoms with Crippen molar-refractivity contribution in [3.05, 3.63) is 12.2 Å². The highest BCUT2D eigenvalue weighted by Crippen LogP contribution is 2.18. The Balaban J connectivity index is 2.29. The number of carbonyl (C=O) groups excluding carboxylic acids is 2. The van der Waals surface area contributed by atoms with Gasteiger partial charge < -0.3 is 9.64 Å². The summed E-state index contributed by atoms with van der Waals surface area (Å²) in [5.74, 6) is -0.365. The minimum atomic E-state index is -0.387. The molecule has 1 amide bonds. The monoisotopic (exact) mass is 281 g/mol. The van der Waals surface area contributed by atoms with Gasteiger partial charge in [0.1, 0.15) is 6.04 Å². The summed E-state index contributed by atoms with van der Waals surface area (Å²) in [7, 11) is 1.37. The fourth-order valence-electron chi connectivity index (χ4n) is 2.56. The molecule has 1 aliphatic rings. The van der Waals surface area contributed by atoms with E-state index in [1.165, 1.54) is 32.8 Å². The first kappa shape index (κ1) is 16.7. The molecule has 1 aliphatic heterocycles. The van der Waals surface area contributed by atoms with E-state index in [2.05, 4.69) is 6.92 Å². The van der Waals surface area contributed by atoms with Gasteiger partial charge in [-0.1, -0.05) is 38.7 Å². The maximum absolute atomic E-state index is 12.0. The number of ether oxygens (including phenoxy) is 1. The third-order valence-corrected chi connectivity index (χ3v) is 3.74. The molecule has 0 aliphatic carbocycles. The number of hydrogen-bond acceptors (Lipinski definition) is 3. The van der Waals surface area contributed by atoms with E-state index in [9.17, 15) is 9.59 Å². The number of allylic oxidation sites excluding steroid dienone is 1. The molecular formula is C16H27NO3. The van der Waals surface area contributed by atoms with Gasteiger partial charge in [-0.2, -0.15) is 0 Å². The normalized spacial score (nSPS) is 18.7. The lowest BCUT2D eigenvalue weighted by atomic mass is 10.1. The molecule has 1 atom stereocenters. The van der Waals surface area contributed by atoms with Crippen molar-refractivity contribution in [2.45, 2.75) is 64.3 Å². The van der Waals surface area contributed by atoms with E-state index < -0.39 is 0 Å². The first-order chi connectivity index (χ1) is 9.70. The molecule has 1 rings (SSSR count). The molecule has 20 heavy (non-hydrogen) atoms. The Bertz CT molecular complexity index is 339. The van der Waals surface area contributed by atoms with Crippen LogP contribution in [0.1, 0.15) is 58.3 Å². The second kappa shape index (κ2) is 9.56. The highest BCUT2D eigenvalue weighted by molar-refractivity contribution is 5.91. The summed E-state index contributed by atoms with van der Waals surface area (Å²) in [5.41, 5.74) is 0. The Kier molecular flexibility index (Phi) is 8.00. The zero-order valence-electron chi connectivity index (χ0n) is 12.8. The van der Waals surface area contributed by atoms with Crippen molar-refractivity contribution in [3.63, 3.8) is 0 Å². The van der Waals surface area contributed by atoms with Crippen LogP contribution in [0.3, 0.4) is 0 Å². The van der Waals surface area contributed by atoms with Gasteiger partial charge in [0.25, 0.3) is 0 Å². The van der Waals surface area contributed by atoms with Gasteiger partial charge in [0.2, 0.25) is 5.91 Å². The molecule has 1 fully saturated rings. The van der Waals surface area contributed by atoms with E-state index in [0.717, 1.165) is 19.3 Å². The number of amides is 1. The molecule has 0 aromatic heterocycles. The number of carbonyl (C=O) groups is 2. The van der Waals surface area contributed by atoms with E-state index in [0.29, 0.717) is 13.0 Å². The average molecular weight is 281 g/mol. The summed E-state index contributed by atoms with van der Waals surface area (Å²) in [5, 5.41) is 0. The molecular weight excluding hydrogens is 254 g/mol. The van der Waals surface area contributed by atoms with E-state index in [1.54, 1.807) is 11.0 Å². The third-order valence-electron chi connectivity index (χ3n) is 3.74. The smallest absolute Gasteiger partial charge is 0.328 e. The fourth-order valence-corrected chi connectivity index (χ4v) is 2.56. The van der Waals surface area contributed by atoms with Crippen LogP contribution in [0.25, 0.3) is 0 Å². The van der Waals surface area contributed by atoms with Crippen LogP contribution < -0.4 is 0 Å². The van der Waals surface area contributed by atoms with E-state index in [-0.39, 0.29) is 17.9 Å². The predicted octanol–water partition coefficient (Wildman–Crippen LogP) is 3.07. The van der Waals surface area contributed by atoms with Crippen LogP contribution in [0.2, 0.25) is 0 Å². The average Bonchev–Trinajstić information content (AvgIpc) is 2.94. The molecule has 114 valence electrons. The number of esters is 1. The molecule has 0 aromatic rings. The molecule has 1 heterocycles. The molecule has 1 saturated heterocycles. The summed E-state index contributed by atoms with van der Waals surface area (Å²) in [6.07, 6.45) is 12.2. The van der Waals surface area contributed by atoms with E-state index in [4.69, 9.17) is 4.74 Å². The Hall–Kier alpha value is -1.32. The maximum atomic E-state index is 12.0. The van der Waals surface area contributed by atoms with Crippen LogP contribution in [0.4, 0.5) is 0 Å². The highest BCUT2D eigenvalue weighted by Gasteiger charge is 2.33. The Labute approximate surface area is 122 Å². The lowest BCUT2D eigenvalue weighted by Crippen LogP contribution is -2.40. The summed E-state index contributed by atoms with van der Waals surface area (Å²) in [6, 6.07) is -0.387. The zero-order chi connectivity index (χ0) is 14.8. The summed E-state index contributed by atoms with van der Waals surface area (Å²) >= 11 is 0. The summed E-state index contributed by atoms with van der Waals surface area (Å²) in [4.78, 5) is 25.2. The van der Waals surface area contributed by atoms with Gasteiger partial charge in [0.15, 0.2) is 0 Å². The third kappa shape index (κ3) is 5.35. The minimum absolute atomic E-state index is 0.0635. The zero-order valence-corrected chi connectivity index (χ0v) is 12.8. The number of unbranched alkanes of at least 4 members (excludes halogenated alkanes) is 5.